The number of furan rings is 1. The second-order valence-electron chi connectivity index (χ2n) is 7.25. The van der Waals surface area contributed by atoms with Crippen molar-refractivity contribution in [3.8, 4) is 0 Å². The van der Waals surface area contributed by atoms with Crippen molar-refractivity contribution in [2.24, 2.45) is 4.99 Å². The molecule has 0 aliphatic carbocycles. The largest absolute Gasteiger partial charge is 0.459 e. The van der Waals surface area contributed by atoms with E-state index in [2.05, 4.69) is 15.2 Å². The molecule has 31 heavy (non-hydrogen) atoms. The summed E-state index contributed by atoms with van der Waals surface area (Å²) in [7, 11) is 0. The van der Waals surface area contributed by atoms with Crippen LogP contribution in [0.4, 0.5) is 4.39 Å². The zero-order valence-electron chi connectivity index (χ0n) is 17.4. The number of nitrogens with one attached hydrogen (secondary N) is 2. The SMILES string of the molecule is CCNC(=NCCc1c[nH]c2cc(F)ccc12)N1CCN(C(=O)c2ccco2)CC1.I. The fraction of sp³-hybridized carbons (Fsp3) is 0.364. The van der Waals surface area contributed by atoms with Crippen LogP contribution < -0.4 is 5.32 Å². The monoisotopic (exact) mass is 539 g/mol. The molecule has 0 radical (unpaired) electrons. The maximum atomic E-state index is 13.4. The number of hydrogen-bond acceptors (Lipinski definition) is 3. The molecule has 0 bridgehead atoms. The van der Waals surface area contributed by atoms with Gasteiger partial charge in [0, 0.05) is 56.4 Å². The van der Waals surface area contributed by atoms with Gasteiger partial charge >= 0.3 is 0 Å². The Balaban J connectivity index is 0.00000272. The summed E-state index contributed by atoms with van der Waals surface area (Å²) in [5.41, 5.74) is 1.93. The molecule has 2 N–H and O–H groups in total. The lowest BCUT2D eigenvalue weighted by Crippen LogP contribution is -2.53. The maximum Gasteiger partial charge on any atom is 0.289 e. The van der Waals surface area contributed by atoms with Crippen LogP contribution in [0.15, 0.2) is 52.2 Å². The topological polar surface area (TPSA) is 76.9 Å². The first kappa shape index (κ1) is 23.1. The van der Waals surface area contributed by atoms with Crippen LogP contribution in [0.2, 0.25) is 0 Å². The minimum atomic E-state index is -0.243. The zero-order chi connectivity index (χ0) is 20.9. The predicted octanol–water partition coefficient (Wildman–Crippen LogP) is 3.48. The van der Waals surface area contributed by atoms with E-state index in [-0.39, 0.29) is 35.7 Å². The number of amides is 1. The van der Waals surface area contributed by atoms with Crippen molar-refractivity contribution in [1.29, 1.82) is 0 Å². The summed E-state index contributed by atoms with van der Waals surface area (Å²) in [6.45, 7) is 6.11. The van der Waals surface area contributed by atoms with Crippen LogP contribution in [0.5, 0.6) is 0 Å². The summed E-state index contributed by atoms with van der Waals surface area (Å²) in [5.74, 6) is 0.918. The van der Waals surface area contributed by atoms with Crippen LogP contribution in [0, 0.1) is 5.82 Å². The molecule has 3 heterocycles. The molecular weight excluding hydrogens is 512 g/mol. The number of benzene rings is 1. The molecule has 1 aliphatic heterocycles. The van der Waals surface area contributed by atoms with Gasteiger partial charge in [0.05, 0.1) is 6.26 Å². The molecule has 0 saturated carbocycles. The lowest BCUT2D eigenvalue weighted by molar-refractivity contribution is 0.0657. The van der Waals surface area contributed by atoms with Gasteiger partial charge in [0.25, 0.3) is 5.91 Å². The van der Waals surface area contributed by atoms with E-state index < -0.39 is 0 Å². The normalized spacial score (nSPS) is 14.6. The predicted molar refractivity (Wildman–Crippen MR) is 130 cm³/mol. The summed E-state index contributed by atoms with van der Waals surface area (Å²) in [6, 6.07) is 8.22. The number of guanidine groups is 1. The summed E-state index contributed by atoms with van der Waals surface area (Å²) < 4.78 is 18.6. The molecular formula is C22H27FIN5O2. The average Bonchev–Trinajstić information content (AvgIpc) is 3.43. The van der Waals surface area contributed by atoms with Crippen molar-refractivity contribution in [2.45, 2.75) is 13.3 Å². The molecule has 166 valence electrons. The highest BCUT2D eigenvalue weighted by atomic mass is 127. The quantitative estimate of drug-likeness (QED) is 0.296. The van der Waals surface area contributed by atoms with Gasteiger partial charge < -0.3 is 24.5 Å². The van der Waals surface area contributed by atoms with Gasteiger partial charge in [0.15, 0.2) is 11.7 Å². The van der Waals surface area contributed by atoms with E-state index in [0.29, 0.717) is 38.5 Å². The molecule has 1 amide bonds. The number of aromatic amines is 1. The molecule has 0 atom stereocenters. The van der Waals surface area contributed by atoms with E-state index >= 15 is 0 Å². The standard InChI is InChI=1S/C22H26FN5O2.HI/c1-2-24-22(25-8-7-16-15-26-19-14-17(23)5-6-18(16)19)28-11-9-27(10-12-28)21(29)20-4-3-13-30-20;/h3-6,13-15,26H,2,7-12H2,1H3,(H,24,25);1H. The van der Waals surface area contributed by atoms with Gasteiger partial charge in [-0.15, -0.1) is 24.0 Å². The number of carbonyl (C=O) groups excluding carboxylic acids is 1. The van der Waals surface area contributed by atoms with E-state index in [1.165, 1.54) is 18.4 Å². The molecule has 1 aromatic carbocycles. The third-order valence-electron chi connectivity index (χ3n) is 5.31. The van der Waals surface area contributed by atoms with Gasteiger partial charge in [-0.05, 0) is 49.2 Å². The highest BCUT2D eigenvalue weighted by Gasteiger charge is 2.25. The van der Waals surface area contributed by atoms with Crippen molar-refractivity contribution in [1.82, 2.24) is 20.1 Å². The van der Waals surface area contributed by atoms with Gasteiger partial charge in [-0.2, -0.15) is 0 Å². The second kappa shape index (κ2) is 10.7. The number of rotatable bonds is 5. The Morgan fingerprint density at radius 2 is 2.00 bits per heavy atom. The lowest BCUT2D eigenvalue weighted by Gasteiger charge is -2.36. The fourth-order valence-corrected chi connectivity index (χ4v) is 3.75. The summed E-state index contributed by atoms with van der Waals surface area (Å²) in [6.07, 6.45) is 4.20. The minimum absolute atomic E-state index is 0. The average molecular weight is 539 g/mol. The van der Waals surface area contributed by atoms with E-state index in [4.69, 9.17) is 9.41 Å². The number of aromatic nitrogens is 1. The number of aliphatic imine (C=N–C) groups is 1. The Hall–Kier alpha value is -2.56. The van der Waals surface area contributed by atoms with Gasteiger partial charge in [-0.3, -0.25) is 9.79 Å². The van der Waals surface area contributed by atoms with E-state index in [0.717, 1.165) is 35.4 Å². The Morgan fingerprint density at radius 1 is 1.23 bits per heavy atom. The molecule has 4 rings (SSSR count). The van der Waals surface area contributed by atoms with Crippen LogP contribution in [0.25, 0.3) is 10.9 Å². The molecule has 3 aromatic rings. The molecule has 7 nitrogen and oxygen atoms in total. The van der Waals surface area contributed by atoms with E-state index in [1.807, 2.05) is 18.0 Å². The van der Waals surface area contributed by atoms with Crippen molar-refractivity contribution in [3.63, 3.8) is 0 Å². The number of halogens is 2. The third kappa shape index (κ3) is 5.38. The molecule has 0 spiro atoms. The highest BCUT2D eigenvalue weighted by Crippen LogP contribution is 2.19. The fourth-order valence-electron chi connectivity index (χ4n) is 3.75. The molecule has 0 unspecified atom stereocenters. The Labute approximate surface area is 197 Å². The number of piperazine rings is 1. The summed E-state index contributed by atoms with van der Waals surface area (Å²) in [4.78, 5) is 24.3. The zero-order valence-corrected chi connectivity index (χ0v) is 19.8. The van der Waals surface area contributed by atoms with E-state index in [1.54, 1.807) is 18.2 Å². The summed E-state index contributed by atoms with van der Waals surface area (Å²) in [5, 5.41) is 4.37. The Morgan fingerprint density at radius 3 is 2.71 bits per heavy atom. The first-order chi connectivity index (χ1) is 14.7. The molecule has 2 aromatic heterocycles. The highest BCUT2D eigenvalue weighted by molar-refractivity contribution is 14.0. The van der Waals surface area contributed by atoms with Crippen LogP contribution in [-0.4, -0.2) is 65.9 Å². The smallest absolute Gasteiger partial charge is 0.289 e. The lowest BCUT2D eigenvalue weighted by atomic mass is 10.1. The molecule has 1 fully saturated rings. The van der Waals surface area contributed by atoms with Crippen LogP contribution in [0.3, 0.4) is 0 Å². The third-order valence-corrected chi connectivity index (χ3v) is 5.31. The molecule has 1 saturated heterocycles. The first-order valence-electron chi connectivity index (χ1n) is 10.3. The van der Waals surface area contributed by atoms with Gasteiger partial charge in [0.1, 0.15) is 5.82 Å². The first-order valence-corrected chi connectivity index (χ1v) is 10.3. The number of nitrogens with zero attached hydrogens (tertiary/aromatic N) is 3. The van der Waals surface area contributed by atoms with Crippen molar-refractivity contribution in [2.75, 3.05) is 39.3 Å². The number of carbonyl (C=O) groups is 1. The van der Waals surface area contributed by atoms with Gasteiger partial charge in [0.2, 0.25) is 0 Å². The van der Waals surface area contributed by atoms with Crippen molar-refractivity contribution >= 4 is 46.7 Å². The van der Waals surface area contributed by atoms with Crippen LogP contribution in [0.1, 0.15) is 23.0 Å². The second-order valence-corrected chi connectivity index (χ2v) is 7.25. The number of H-pyrrole nitrogens is 1. The number of fused-ring (bicyclic) bond motifs is 1. The van der Waals surface area contributed by atoms with Crippen LogP contribution >= 0.6 is 24.0 Å². The van der Waals surface area contributed by atoms with Crippen molar-refractivity contribution in [3.05, 3.63) is 59.9 Å². The molecule has 9 heteroatoms. The Bertz CT molecular complexity index is 1030. The summed E-state index contributed by atoms with van der Waals surface area (Å²) >= 11 is 0. The van der Waals surface area contributed by atoms with E-state index in [9.17, 15) is 9.18 Å². The van der Waals surface area contributed by atoms with Gasteiger partial charge in [-0.1, -0.05) is 0 Å². The Kier molecular flexibility index (Phi) is 7.94. The minimum Gasteiger partial charge on any atom is -0.459 e. The van der Waals surface area contributed by atoms with Gasteiger partial charge in [-0.25, -0.2) is 4.39 Å². The number of hydrogen-bond donors (Lipinski definition) is 2. The van der Waals surface area contributed by atoms with Crippen molar-refractivity contribution < 1.29 is 13.6 Å². The van der Waals surface area contributed by atoms with Crippen LogP contribution in [-0.2, 0) is 6.42 Å². The maximum absolute atomic E-state index is 13.4. The molecule has 1 aliphatic rings.